The lowest BCUT2D eigenvalue weighted by Gasteiger charge is -2.33. The molecular weight excluding hydrogens is 347 g/mol. The van der Waals surface area contributed by atoms with Crippen LogP contribution in [0.15, 0.2) is 36.7 Å². The molecule has 0 amide bonds. The van der Waals surface area contributed by atoms with Crippen molar-refractivity contribution in [3.8, 4) is 0 Å². The maximum Gasteiger partial charge on any atom is 0.320 e. The Kier molecular flexibility index (Phi) is 5.09. The number of aliphatic carboxylic acids is 1. The number of benzene rings is 1. The molecule has 0 radical (unpaired) electrons. The van der Waals surface area contributed by atoms with Gasteiger partial charge in [0.05, 0.1) is 6.04 Å². The Bertz CT molecular complexity index is 766. The predicted molar refractivity (Wildman–Crippen MR) is 94.6 cm³/mol. The maximum absolute atomic E-state index is 11.7. The van der Waals surface area contributed by atoms with Gasteiger partial charge in [-0.15, -0.1) is 0 Å². The molecule has 1 aromatic heterocycles. The Morgan fingerprint density at radius 2 is 2.12 bits per heavy atom. The number of hydrogen-bond donors (Lipinski definition) is 1. The van der Waals surface area contributed by atoms with Gasteiger partial charge in [0.1, 0.15) is 6.04 Å². The molecule has 2 aromatic rings. The van der Waals surface area contributed by atoms with Gasteiger partial charge in [-0.05, 0) is 54.7 Å². The summed E-state index contributed by atoms with van der Waals surface area (Å²) in [7, 11) is 0. The molecule has 1 fully saturated rings. The van der Waals surface area contributed by atoms with E-state index < -0.39 is 12.0 Å². The zero-order valence-corrected chi connectivity index (χ0v) is 14.8. The Balaban J connectivity index is 2.14. The van der Waals surface area contributed by atoms with Crippen molar-refractivity contribution in [3.63, 3.8) is 0 Å². The molecule has 0 bridgehead atoms. The fourth-order valence-corrected chi connectivity index (χ4v) is 3.91. The summed E-state index contributed by atoms with van der Waals surface area (Å²) in [4.78, 5) is 17.9. The molecule has 1 aliphatic rings. The molecule has 2 atom stereocenters. The number of rotatable bonds is 4. The third-order valence-corrected chi connectivity index (χ3v) is 5.09. The lowest BCUT2D eigenvalue weighted by molar-refractivity contribution is -0.142. The Hall–Kier alpha value is -1.62. The van der Waals surface area contributed by atoms with Gasteiger partial charge in [0.15, 0.2) is 0 Å². The van der Waals surface area contributed by atoms with E-state index in [1.807, 2.05) is 24.0 Å². The summed E-state index contributed by atoms with van der Waals surface area (Å²) in [5.74, 6) is -0.797. The Morgan fingerprint density at radius 3 is 2.79 bits per heavy atom. The zero-order chi connectivity index (χ0) is 17.3. The average molecular weight is 365 g/mol. The first-order valence-corrected chi connectivity index (χ1v) is 8.58. The van der Waals surface area contributed by atoms with Crippen molar-refractivity contribution < 1.29 is 9.90 Å². The zero-order valence-electron chi connectivity index (χ0n) is 13.2. The lowest BCUT2D eigenvalue weighted by Crippen LogP contribution is -2.39. The van der Waals surface area contributed by atoms with Gasteiger partial charge in [-0.3, -0.25) is 14.7 Å². The van der Waals surface area contributed by atoms with E-state index in [1.165, 1.54) is 0 Å². The van der Waals surface area contributed by atoms with Crippen molar-refractivity contribution in [2.45, 2.75) is 31.8 Å². The van der Waals surface area contributed by atoms with E-state index >= 15 is 0 Å². The number of carboxylic acids is 1. The second kappa shape index (κ2) is 7.09. The van der Waals surface area contributed by atoms with Crippen LogP contribution < -0.4 is 0 Å². The van der Waals surface area contributed by atoms with Crippen LogP contribution in [0, 0.1) is 6.92 Å². The van der Waals surface area contributed by atoms with Gasteiger partial charge in [-0.25, -0.2) is 0 Å². The fraction of sp³-hybridized carbons (Fsp3) is 0.333. The fourth-order valence-electron chi connectivity index (χ4n) is 3.40. The minimum atomic E-state index is -0.797. The summed E-state index contributed by atoms with van der Waals surface area (Å²) in [6.07, 6.45) is 5.01. The maximum atomic E-state index is 11.7. The standard InChI is InChI=1S/C18H18Cl2N2O2/c1-11-10-21-7-6-13(11)17(14-5-4-12(19)9-15(14)20)22-8-2-3-16(22)18(23)24/h4-7,9-10,16-17H,2-3,8H2,1H3,(H,23,24). The van der Waals surface area contributed by atoms with Crippen molar-refractivity contribution in [2.24, 2.45) is 0 Å². The number of halogens is 2. The van der Waals surface area contributed by atoms with E-state index in [4.69, 9.17) is 23.2 Å². The number of aryl methyl sites for hydroxylation is 1. The number of nitrogens with zero attached hydrogens (tertiary/aromatic N) is 2. The minimum Gasteiger partial charge on any atom is -0.480 e. The average Bonchev–Trinajstić information content (AvgIpc) is 3.01. The van der Waals surface area contributed by atoms with Crippen LogP contribution in [0.2, 0.25) is 10.0 Å². The number of likely N-dealkylation sites (tertiary alicyclic amines) is 1. The minimum absolute atomic E-state index is 0.235. The van der Waals surface area contributed by atoms with Crippen LogP contribution in [0.4, 0.5) is 0 Å². The molecule has 0 aliphatic carbocycles. The van der Waals surface area contributed by atoms with Crippen molar-refractivity contribution in [3.05, 3.63) is 63.4 Å². The van der Waals surface area contributed by atoms with Crippen molar-refractivity contribution >= 4 is 29.2 Å². The highest BCUT2D eigenvalue weighted by Crippen LogP contribution is 2.39. The molecular formula is C18H18Cl2N2O2. The summed E-state index contributed by atoms with van der Waals surface area (Å²) in [6, 6.07) is 6.55. The molecule has 1 saturated heterocycles. The molecule has 0 spiro atoms. The first kappa shape index (κ1) is 17.2. The predicted octanol–water partition coefficient (Wildman–Crippen LogP) is 4.34. The van der Waals surface area contributed by atoms with Gasteiger partial charge in [0.2, 0.25) is 0 Å². The summed E-state index contributed by atoms with van der Waals surface area (Å²) < 4.78 is 0. The largest absolute Gasteiger partial charge is 0.480 e. The Labute approximate surface area is 151 Å². The first-order valence-electron chi connectivity index (χ1n) is 7.83. The number of aromatic nitrogens is 1. The molecule has 2 unspecified atom stereocenters. The molecule has 1 N–H and O–H groups in total. The molecule has 3 rings (SSSR count). The van der Waals surface area contributed by atoms with E-state index in [1.54, 1.807) is 24.5 Å². The highest BCUT2D eigenvalue weighted by molar-refractivity contribution is 6.35. The molecule has 6 heteroatoms. The Morgan fingerprint density at radius 1 is 1.33 bits per heavy atom. The molecule has 0 saturated carbocycles. The molecule has 4 nitrogen and oxygen atoms in total. The third-order valence-electron chi connectivity index (χ3n) is 4.53. The SMILES string of the molecule is Cc1cnccc1C(c1ccc(Cl)cc1Cl)N1CCCC1C(=O)O. The molecule has 1 aromatic carbocycles. The van der Waals surface area contributed by atoms with Crippen LogP contribution in [0.25, 0.3) is 0 Å². The summed E-state index contributed by atoms with van der Waals surface area (Å²) in [5, 5.41) is 10.7. The van der Waals surface area contributed by atoms with Gasteiger partial charge in [-0.2, -0.15) is 0 Å². The summed E-state index contributed by atoms with van der Waals surface area (Å²) in [5.41, 5.74) is 2.88. The van der Waals surface area contributed by atoms with E-state index in [9.17, 15) is 9.90 Å². The lowest BCUT2D eigenvalue weighted by atomic mass is 9.94. The molecule has 1 aliphatic heterocycles. The van der Waals surface area contributed by atoms with Crippen molar-refractivity contribution in [1.82, 2.24) is 9.88 Å². The van der Waals surface area contributed by atoms with Gasteiger partial charge in [-0.1, -0.05) is 29.3 Å². The van der Waals surface area contributed by atoms with Crippen molar-refractivity contribution in [2.75, 3.05) is 6.54 Å². The number of pyridine rings is 1. The number of carbonyl (C=O) groups is 1. The van der Waals surface area contributed by atoms with E-state index in [0.717, 1.165) is 23.1 Å². The normalized spacial score (nSPS) is 19.4. The third kappa shape index (κ3) is 3.27. The molecule has 24 heavy (non-hydrogen) atoms. The van der Waals surface area contributed by atoms with Crippen LogP contribution >= 0.6 is 23.2 Å². The van der Waals surface area contributed by atoms with E-state index in [-0.39, 0.29) is 6.04 Å². The quantitative estimate of drug-likeness (QED) is 0.876. The van der Waals surface area contributed by atoms with Crippen LogP contribution in [0.5, 0.6) is 0 Å². The highest BCUT2D eigenvalue weighted by atomic mass is 35.5. The van der Waals surface area contributed by atoms with Crippen molar-refractivity contribution in [1.29, 1.82) is 0 Å². The molecule has 2 heterocycles. The smallest absolute Gasteiger partial charge is 0.320 e. The topological polar surface area (TPSA) is 53.4 Å². The number of carboxylic acid groups (broad SMARTS) is 1. The summed E-state index contributed by atoms with van der Waals surface area (Å²) >= 11 is 12.5. The van der Waals surface area contributed by atoms with E-state index in [2.05, 4.69) is 4.98 Å². The van der Waals surface area contributed by atoms with Crippen LogP contribution in [0.3, 0.4) is 0 Å². The van der Waals surface area contributed by atoms with Gasteiger partial charge < -0.3 is 5.11 Å². The monoisotopic (exact) mass is 364 g/mol. The highest BCUT2D eigenvalue weighted by Gasteiger charge is 2.38. The van der Waals surface area contributed by atoms with Gasteiger partial charge >= 0.3 is 5.97 Å². The first-order chi connectivity index (χ1) is 11.5. The summed E-state index contributed by atoms with van der Waals surface area (Å²) in [6.45, 7) is 2.69. The second-order valence-corrected chi connectivity index (χ2v) is 6.88. The second-order valence-electron chi connectivity index (χ2n) is 6.03. The van der Waals surface area contributed by atoms with Crippen LogP contribution in [0.1, 0.15) is 35.6 Å². The van der Waals surface area contributed by atoms with Crippen LogP contribution in [-0.2, 0) is 4.79 Å². The van der Waals surface area contributed by atoms with E-state index in [0.29, 0.717) is 23.0 Å². The van der Waals surface area contributed by atoms with Gasteiger partial charge in [0.25, 0.3) is 0 Å². The van der Waals surface area contributed by atoms with Gasteiger partial charge in [0, 0.05) is 29.0 Å². The van der Waals surface area contributed by atoms with Crippen LogP contribution in [-0.4, -0.2) is 33.5 Å². The molecule has 126 valence electrons. The number of hydrogen-bond acceptors (Lipinski definition) is 3.